The van der Waals surface area contributed by atoms with Gasteiger partial charge in [0.15, 0.2) is 0 Å². The first-order chi connectivity index (χ1) is 38.5. The molecule has 0 aliphatic heterocycles. The van der Waals surface area contributed by atoms with Gasteiger partial charge in [0.25, 0.3) is 0 Å². The predicted molar refractivity (Wildman–Crippen MR) is 321 cm³/mol. The molecule has 5 nitrogen and oxygen atoms in total. The standard InChI is InChI=1S/C72H68N4O.Pt/c1-46-27-28-50-40-66-62(39-51(50)35-46)61-34-33-58(43-67(61)76(66)68-36-47(2)63(44-73-68)49-29-31-53(32-30-49)70(3,4)5)77-57-22-17-21-56(42-57)74-45-75(65-26-16-15-25-64(65)74)69-59(48-19-13-12-14-20-48)23-18-24-60(69)52-37-54(71(6,7)8)41-55(38-52)72(9,10)11;/h12-26,29-34,36-41,44,46H,27-28,35H2,1-11H3;/q-2;/i2D3;. The Morgan fingerprint density at radius 3 is 1.88 bits per heavy atom. The van der Waals surface area contributed by atoms with Crippen molar-refractivity contribution in [3.63, 3.8) is 0 Å². The van der Waals surface area contributed by atoms with Crippen LogP contribution in [0.15, 0.2) is 170 Å². The second kappa shape index (κ2) is 19.5. The van der Waals surface area contributed by atoms with Gasteiger partial charge < -0.3 is 0 Å². The first kappa shape index (κ1) is 47.8. The van der Waals surface area contributed by atoms with Gasteiger partial charge in [0, 0.05) is 15.9 Å². The molecule has 3 heterocycles. The van der Waals surface area contributed by atoms with Crippen molar-refractivity contribution in [1.82, 2.24) is 18.7 Å². The number of ether oxygens (including phenoxy) is 1. The van der Waals surface area contributed by atoms with Crippen molar-refractivity contribution < 1.29 is 28.2 Å². The second-order valence-corrected chi connectivity index (χ2v) is 25.6. The monoisotopic (exact) mass is 1200 g/mol. The van der Waals surface area contributed by atoms with Gasteiger partial charge in [-0.1, -0.05) is 52.0 Å². The number of aryl methyl sites for hydroxylation is 2. The minimum absolute atomic E-state index is 0.0422. The topological polar surface area (TPSA) is 36.9 Å². The third-order valence-corrected chi connectivity index (χ3v) is 16.9. The summed E-state index contributed by atoms with van der Waals surface area (Å²) in [5, 5.41) is 2.06. The number of pyridine rings is 1. The minimum Gasteiger partial charge on any atom is -0.0622 e. The predicted octanol–water partition coefficient (Wildman–Crippen LogP) is 18.7. The molecule has 3 aromatic heterocycles. The first-order valence-electron chi connectivity index (χ1n) is 28.9. The molecular formula is C72H68N4OPt-2. The minimum atomic E-state index is -2.41. The molecule has 78 heavy (non-hydrogen) atoms. The molecule has 0 amide bonds. The fourth-order valence-electron chi connectivity index (χ4n) is 11.4. The number of hydrogen-bond acceptors (Lipinski definition) is 2. The van der Waals surface area contributed by atoms with Crippen LogP contribution in [0, 0.1) is 28.7 Å². The Balaban J connectivity index is 0.995. The molecule has 0 bridgehead atoms. The van der Waals surface area contributed by atoms with Gasteiger partial charge in [0.2, 0.25) is 0 Å². The van der Waals surface area contributed by atoms with Gasteiger partial charge in [0.1, 0.15) is 0 Å². The molecule has 11 aromatic rings. The van der Waals surface area contributed by atoms with Crippen LogP contribution < -0.4 is 4.74 Å². The van der Waals surface area contributed by atoms with Gasteiger partial charge in [-0.25, -0.2) is 0 Å². The fourth-order valence-corrected chi connectivity index (χ4v) is 12.5. The number of rotatable bonds is 8. The van der Waals surface area contributed by atoms with Crippen LogP contribution >= 0.6 is 0 Å². The summed E-state index contributed by atoms with van der Waals surface area (Å²) in [6.07, 6.45) is 4.84. The Bertz CT molecular complexity index is 4280. The van der Waals surface area contributed by atoms with Gasteiger partial charge in [-0.3, -0.25) is 0 Å². The maximum atomic E-state index is 8.84. The van der Waals surface area contributed by atoms with Crippen molar-refractivity contribution >= 4 is 32.8 Å². The van der Waals surface area contributed by atoms with Crippen LogP contribution in [0.25, 0.3) is 83.4 Å². The van der Waals surface area contributed by atoms with Crippen LogP contribution in [0.3, 0.4) is 0 Å². The van der Waals surface area contributed by atoms with E-state index in [2.05, 4.69) is 242 Å². The summed E-state index contributed by atoms with van der Waals surface area (Å²) >= 11 is 2.49. The zero-order valence-electron chi connectivity index (χ0n) is 49.4. The SMILES string of the molecule is [2H]C([2H])([2H])c1cc(-n2c3[c-]c(Oc4[c-]c(-n5[c](=[Pt])n(-c6c(-c7ccccc7)cccc6-c6cc(C(C)(C)C)cc(C(C)(C)C)c6)c6ccccc65)ccc4)ccc3c3cc4c(cc32)CCC(C)C4)ncc1-c1ccc(C(C)(C)C)cc1. The number of benzene rings is 8. The van der Waals surface area contributed by atoms with Crippen LogP contribution in [0.4, 0.5) is 0 Å². The molecule has 6 heteroatoms. The van der Waals surface area contributed by atoms with E-state index < -0.39 is 6.85 Å². The second-order valence-electron chi connectivity index (χ2n) is 24.6. The maximum absolute atomic E-state index is 8.84. The van der Waals surface area contributed by atoms with Gasteiger partial charge in [-0.05, 0) is 65.3 Å². The number of nitrogens with zero attached hydrogens (tertiary/aromatic N) is 4. The molecule has 12 rings (SSSR count). The van der Waals surface area contributed by atoms with Gasteiger partial charge in [-0.2, -0.15) is 0 Å². The van der Waals surface area contributed by atoms with Crippen molar-refractivity contribution in [3.05, 3.63) is 219 Å². The van der Waals surface area contributed by atoms with E-state index >= 15 is 0 Å². The third kappa shape index (κ3) is 9.42. The van der Waals surface area contributed by atoms with Crippen molar-refractivity contribution in [2.24, 2.45) is 5.92 Å². The third-order valence-electron chi connectivity index (χ3n) is 15.9. The van der Waals surface area contributed by atoms with E-state index in [1.807, 2.05) is 30.3 Å². The van der Waals surface area contributed by atoms with Crippen LogP contribution in [0.2, 0.25) is 0 Å². The smallest absolute Gasteiger partial charge is 0.0622 e. The summed E-state index contributed by atoms with van der Waals surface area (Å²) in [5.74, 6) is 2.13. The van der Waals surface area contributed by atoms with Gasteiger partial charge >= 0.3 is 346 Å². The number of aromatic nitrogens is 4. The summed E-state index contributed by atoms with van der Waals surface area (Å²) in [5.41, 5.74) is 18.2. The number of fused-ring (bicyclic) bond motifs is 5. The van der Waals surface area contributed by atoms with E-state index in [0.717, 1.165) is 89.5 Å². The van der Waals surface area contributed by atoms with Crippen molar-refractivity contribution in [2.75, 3.05) is 0 Å². The molecule has 394 valence electrons. The molecule has 1 atom stereocenters. The Kier molecular flexibility index (Phi) is 12.0. The molecule has 1 aliphatic rings. The molecule has 1 unspecified atom stereocenters. The zero-order valence-corrected chi connectivity index (χ0v) is 48.7. The van der Waals surface area contributed by atoms with Crippen LogP contribution in [-0.2, 0) is 48.4 Å². The summed E-state index contributed by atoms with van der Waals surface area (Å²) < 4.78 is 41.1. The molecule has 1 aliphatic carbocycles. The molecule has 0 fully saturated rings. The molecule has 0 radical (unpaired) electrons. The number of imidazole rings is 1. The summed E-state index contributed by atoms with van der Waals surface area (Å²) in [4.78, 5) is 5.10. The fraction of sp³-hybridized carbons (Fsp3) is 0.250. The normalized spacial score (nSPS) is 14.9. The van der Waals surface area contributed by atoms with Crippen molar-refractivity contribution in [1.29, 1.82) is 0 Å². The molecule has 0 saturated heterocycles. The van der Waals surface area contributed by atoms with Crippen LogP contribution in [0.1, 0.15) is 113 Å². The number of para-hydroxylation sites is 3. The van der Waals surface area contributed by atoms with Crippen molar-refractivity contribution in [2.45, 2.75) is 112 Å². The van der Waals surface area contributed by atoms with E-state index in [4.69, 9.17) is 13.8 Å². The zero-order chi connectivity index (χ0) is 56.9. The van der Waals surface area contributed by atoms with E-state index in [9.17, 15) is 0 Å². The molecule has 0 N–H and O–H groups in total. The Morgan fingerprint density at radius 1 is 0.551 bits per heavy atom. The Labute approximate surface area is 475 Å². The quantitative estimate of drug-likeness (QED) is 0.142. The molecule has 0 spiro atoms. The summed E-state index contributed by atoms with van der Waals surface area (Å²) in [6.45, 7) is 20.2. The van der Waals surface area contributed by atoms with E-state index in [0.29, 0.717) is 28.8 Å². The average Bonchev–Trinajstić information content (AvgIpc) is 3.03. The van der Waals surface area contributed by atoms with Crippen LogP contribution in [-0.4, -0.2) is 18.7 Å². The summed E-state index contributed by atoms with van der Waals surface area (Å²) in [7, 11) is 0. The average molecular weight is 1200 g/mol. The Hall–Kier alpha value is -7.33. The van der Waals surface area contributed by atoms with E-state index in [-0.39, 0.29) is 21.8 Å². The Morgan fingerprint density at radius 2 is 1.19 bits per heavy atom. The molecule has 0 saturated carbocycles. The van der Waals surface area contributed by atoms with E-state index in [1.165, 1.54) is 33.4 Å². The first-order valence-corrected chi connectivity index (χ1v) is 28.5. The van der Waals surface area contributed by atoms with Gasteiger partial charge in [0.05, 0.1) is 0 Å². The van der Waals surface area contributed by atoms with Crippen molar-refractivity contribution in [3.8, 4) is 62.1 Å². The summed E-state index contributed by atoms with van der Waals surface area (Å²) in [6, 6.07) is 65.3. The number of hydrogen-bond donors (Lipinski definition) is 0. The molecular weight excluding hydrogens is 1130 g/mol. The van der Waals surface area contributed by atoms with Gasteiger partial charge in [-0.15, -0.1) is 0 Å². The van der Waals surface area contributed by atoms with E-state index in [1.54, 1.807) is 12.3 Å². The molecule has 8 aromatic carbocycles. The van der Waals surface area contributed by atoms with Crippen LogP contribution in [0.5, 0.6) is 11.5 Å².